The van der Waals surface area contributed by atoms with Gasteiger partial charge < -0.3 is 14.7 Å². The fourth-order valence-electron chi connectivity index (χ4n) is 3.16. The molecule has 1 fully saturated rings. The molecule has 0 atom stereocenters. The lowest BCUT2D eigenvalue weighted by molar-refractivity contribution is -0.131. The van der Waals surface area contributed by atoms with Crippen molar-refractivity contribution in [1.29, 1.82) is 5.26 Å². The highest BCUT2D eigenvalue weighted by atomic mass is 16.2. The number of piperazine rings is 1. The number of carbonyl (C=O) groups is 2. The number of hydrogen-bond acceptors (Lipinski definition) is 6. The number of benzene rings is 1. The Bertz CT molecular complexity index is 855. The van der Waals surface area contributed by atoms with Crippen LogP contribution >= 0.6 is 0 Å². The van der Waals surface area contributed by atoms with Crippen molar-refractivity contribution in [3.8, 4) is 6.07 Å². The van der Waals surface area contributed by atoms with Gasteiger partial charge in [0.2, 0.25) is 17.8 Å². The summed E-state index contributed by atoms with van der Waals surface area (Å²) < 4.78 is 0. The van der Waals surface area contributed by atoms with Gasteiger partial charge in [-0.05, 0) is 30.3 Å². The van der Waals surface area contributed by atoms with E-state index in [4.69, 9.17) is 5.26 Å². The summed E-state index contributed by atoms with van der Waals surface area (Å²) in [4.78, 5) is 38.5. The van der Waals surface area contributed by atoms with Crippen LogP contribution in [0, 0.1) is 11.3 Å². The van der Waals surface area contributed by atoms with Gasteiger partial charge in [0.05, 0.1) is 11.6 Å². The van der Waals surface area contributed by atoms with E-state index in [-0.39, 0.29) is 18.2 Å². The maximum atomic E-state index is 12.6. The summed E-state index contributed by atoms with van der Waals surface area (Å²) in [5, 5.41) is 8.90. The molecule has 0 bridgehead atoms. The molecule has 1 aromatic heterocycles. The summed E-state index contributed by atoms with van der Waals surface area (Å²) in [6.07, 6.45) is 3.67. The van der Waals surface area contributed by atoms with Gasteiger partial charge in [-0.1, -0.05) is 0 Å². The number of nitriles is 1. The number of nitrogens with zero attached hydrogens (tertiary/aromatic N) is 6. The van der Waals surface area contributed by atoms with Gasteiger partial charge in [0.15, 0.2) is 0 Å². The van der Waals surface area contributed by atoms with Crippen molar-refractivity contribution in [3.05, 3.63) is 48.3 Å². The SMILES string of the molecule is CC(=O)N(CCC(=O)N1CCN(c2ncccn2)CC1)c1ccc(C#N)cc1. The van der Waals surface area contributed by atoms with Gasteiger partial charge in [-0.15, -0.1) is 0 Å². The smallest absolute Gasteiger partial charge is 0.225 e. The monoisotopic (exact) mass is 378 g/mol. The van der Waals surface area contributed by atoms with Gasteiger partial charge in [0, 0.05) is 64.1 Å². The van der Waals surface area contributed by atoms with Crippen molar-refractivity contribution >= 4 is 23.5 Å². The summed E-state index contributed by atoms with van der Waals surface area (Å²) in [5.41, 5.74) is 1.22. The minimum atomic E-state index is -0.136. The quantitative estimate of drug-likeness (QED) is 0.782. The standard InChI is InChI=1S/C20H22N6O2/c1-16(27)26(18-5-3-17(15-21)4-6-18)10-7-19(28)24-11-13-25(14-12-24)20-22-8-2-9-23-20/h2-6,8-9H,7,10-14H2,1H3. The van der Waals surface area contributed by atoms with E-state index in [0.29, 0.717) is 49.9 Å². The number of carbonyl (C=O) groups excluding carboxylic acids is 2. The topological polar surface area (TPSA) is 93.4 Å². The van der Waals surface area contributed by atoms with Crippen LogP contribution in [-0.4, -0.2) is 59.4 Å². The maximum absolute atomic E-state index is 12.6. The van der Waals surface area contributed by atoms with Gasteiger partial charge in [0.1, 0.15) is 0 Å². The summed E-state index contributed by atoms with van der Waals surface area (Å²) >= 11 is 0. The molecule has 8 heteroatoms. The molecule has 8 nitrogen and oxygen atoms in total. The van der Waals surface area contributed by atoms with Gasteiger partial charge in [-0.2, -0.15) is 5.26 Å². The maximum Gasteiger partial charge on any atom is 0.225 e. The van der Waals surface area contributed by atoms with Crippen LogP contribution in [-0.2, 0) is 9.59 Å². The number of aromatic nitrogens is 2. The molecule has 0 saturated carbocycles. The second-order valence-corrected chi connectivity index (χ2v) is 6.50. The average Bonchev–Trinajstić information content (AvgIpc) is 2.74. The molecule has 3 rings (SSSR count). The molecular weight excluding hydrogens is 356 g/mol. The molecule has 28 heavy (non-hydrogen) atoms. The van der Waals surface area contributed by atoms with E-state index in [1.165, 1.54) is 6.92 Å². The highest BCUT2D eigenvalue weighted by molar-refractivity contribution is 5.92. The first-order chi connectivity index (χ1) is 13.6. The number of amides is 2. The lowest BCUT2D eigenvalue weighted by atomic mass is 10.2. The Hall–Kier alpha value is -3.47. The molecule has 0 radical (unpaired) electrons. The van der Waals surface area contributed by atoms with Crippen LogP contribution in [0.3, 0.4) is 0 Å². The van der Waals surface area contributed by atoms with Crippen LogP contribution in [0.5, 0.6) is 0 Å². The van der Waals surface area contributed by atoms with Crippen molar-refractivity contribution in [2.45, 2.75) is 13.3 Å². The Labute approximate surface area is 164 Å². The highest BCUT2D eigenvalue weighted by Gasteiger charge is 2.23. The van der Waals surface area contributed by atoms with E-state index in [9.17, 15) is 9.59 Å². The van der Waals surface area contributed by atoms with Crippen LogP contribution in [0.4, 0.5) is 11.6 Å². The summed E-state index contributed by atoms with van der Waals surface area (Å²) in [5.74, 6) is 0.565. The Morgan fingerprint density at radius 1 is 1.11 bits per heavy atom. The normalized spacial score (nSPS) is 13.7. The molecule has 1 aromatic carbocycles. The molecule has 1 saturated heterocycles. The van der Waals surface area contributed by atoms with Crippen molar-refractivity contribution in [3.63, 3.8) is 0 Å². The van der Waals surface area contributed by atoms with Gasteiger partial charge in [0.25, 0.3) is 0 Å². The minimum absolute atomic E-state index is 0.0218. The van der Waals surface area contributed by atoms with E-state index in [0.717, 1.165) is 0 Å². The zero-order valence-corrected chi connectivity index (χ0v) is 15.8. The third-order valence-corrected chi connectivity index (χ3v) is 4.70. The first-order valence-corrected chi connectivity index (χ1v) is 9.16. The third-order valence-electron chi connectivity index (χ3n) is 4.70. The minimum Gasteiger partial charge on any atom is -0.339 e. The highest BCUT2D eigenvalue weighted by Crippen LogP contribution is 2.17. The second-order valence-electron chi connectivity index (χ2n) is 6.50. The van der Waals surface area contributed by atoms with E-state index in [2.05, 4.69) is 20.9 Å². The van der Waals surface area contributed by atoms with E-state index in [1.54, 1.807) is 47.6 Å². The van der Waals surface area contributed by atoms with E-state index in [1.807, 2.05) is 4.90 Å². The molecule has 2 amide bonds. The van der Waals surface area contributed by atoms with Gasteiger partial charge >= 0.3 is 0 Å². The van der Waals surface area contributed by atoms with Crippen LogP contribution in [0.1, 0.15) is 18.9 Å². The van der Waals surface area contributed by atoms with Crippen molar-refractivity contribution in [2.24, 2.45) is 0 Å². The van der Waals surface area contributed by atoms with E-state index >= 15 is 0 Å². The zero-order valence-electron chi connectivity index (χ0n) is 15.8. The predicted octanol–water partition coefficient (Wildman–Crippen LogP) is 1.44. The Morgan fingerprint density at radius 2 is 1.75 bits per heavy atom. The molecule has 2 aromatic rings. The lowest BCUT2D eigenvalue weighted by Crippen LogP contribution is -2.49. The second kappa shape index (κ2) is 8.95. The predicted molar refractivity (Wildman–Crippen MR) is 105 cm³/mol. The molecule has 0 unspecified atom stereocenters. The van der Waals surface area contributed by atoms with Crippen molar-refractivity contribution in [2.75, 3.05) is 42.5 Å². The number of anilines is 2. The van der Waals surface area contributed by atoms with Crippen molar-refractivity contribution < 1.29 is 9.59 Å². The molecule has 0 N–H and O–H groups in total. The number of rotatable bonds is 5. The van der Waals surface area contributed by atoms with Crippen LogP contribution < -0.4 is 9.80 Å². The third kappa shape index (κ3) is 4.62. The molecule has 1 aliphatic rings. The zero-order chi connectivity index (χ0) is 19.9. The molecule has 0 spiro atoms. The fraction of sp³-hybridized carbons (Fsp3) is 0.350. The van der Waals surface area contributed by atoms with Crippen molar-refractivity contribution in [1.82, 2.24) is 14.9 Å². The van der Waals surface area contributed by atoms with E-state index < -0.39 is 0 Å². The Balaban J connectivity index is 1.54. The average molecular weight is 378 g/mol. The molecular formula is C20H22N6O2. The lowest BCUT2D eigenvalue weighted by Gasteiger charge is -2.35. The van der Waals surface area contributed by atoms with Gasteiger partial charge in [-0.25, -0.2) is 9.97 Å². The fourth-order valence-corrected chi connectivity index (χ4v) is 3.16. The summed E-state index contributed by atoms with van der Waals surface area (Å²) in [7, 11) is 0. The summed E-state index contributed by atoms with van der Waals surface area (Å²) in [6.45, 7) is 4.36. The largest absolute Gasteiger partial charge is 0.339 e. The summed E-state index contributed by atoms with van der Waals surface area (Å²) in [6, 6.07) is 10.6. The molecule has 2 heterocycles. The van der Waals surface area contributed by atoms with Crippen LogP contribution in [0.2, 0.25) is 0 Å². The van der Waals surface area contributed by atoms with Crippen LogP contribution in [0.15, 0.2) is 42.7 Å². The number of hydrogen-bond donors (Lipinski definition) is 0. The first kappa shape index (κ1) is 19.3. The molecule has 0 aliphatic carbocycles. The molecule has 144 valence electrons. The first-order valence-electron chi connectivity index (χ1n) is 9.16. The Morgan fingerprint density at radius 3 is 2.32 bits per heavy atom. The van der Waals surface area contributed by atoms with Crippen LogP contribution in [0.25, 0.3) is 0 Å². The molecule has 1 aliphatic heterocycles. The van der Waals surface area contributed by atoms with Gasteiger partial charge in [-0.3, -0.25) is 9.59 Å². The Kier molecular flexibility index (Phi) is 6.17.